The maximum Gasteiger partial charge on any atom is 0.241 e. The molecule has 2 aromatic carbocycles. The zero-order chi connectivity index (χ0) is 15.2. The van der Waals surface area contributed by atoms with Crippen LogP contribution in [0.2, 0.25) is 0 Å². The zero-order valence-electron chi connectivity index (χ0n) is 12.5. The number of benzene rings is 2. The number of carbonyl (C=O) groups is 1. The van der Waals surface area contributed by atoms with E-state index in [1.54, 1.807) is 0 Å². The summed E-state index contributed by atoms with van der Waals surface area (Å²) in [7, 11) is 0. The lowest BCUT2D eigenvalue weighted by Gasteiger charge is -2.16. The van der Waals surface area contributed by atoms with Crippen molar-refractivity contribution in [3.05, 3.63) is 65.7 Å². The van der Waals surface area contributed by atoms with Crippen LogP contribution in [0.1, 0.15) is 30.9 Å². The van der Waals surface area contributed by atoms with Crippen molar-refractivity contribution in [2.75, 3.05) is 5.32 Å². The summed E-state index contributed by atoms with van der Waals surface area (Å²) in [6.45, 7) is 4.21. The fourth-order valence-electron chi connectivity index (χ4n) is 2.30. The number of nitrogens with one attached hydrogen (secondary N) is 1. The summed E-state index contributed by atoms with van der Waals surface area (Å²) in [6, 6.07) is 17.1. The molecule has 0 saturated carbocycles. The van der Waals surface area contributed by atoms with Crippen LogP contribution in [0.5, 0.6) is 0 Å². The molecule has 0 radical (unpaired) electrons. The Morgan fingerprint density at radius 1 is 1.05 bits per heavy atom. The third-order valence-electron chi connectivity index (χ3n) is 3.48. The van der Waals surface area contributed by atoms with Crippen LogP contribution in [0.15, 0.2) is 54.6 Å². The Kier molecular flexibility index (Phi) is 5.12. The highest BCUT2D eigenvalue weighted by Crippen LogP contribution is 2.23. The number of rotatable bonds is 5. The van der Waals surface area contributed by atoms with Crippen LogP contribution in [-0.2, 0) is 11.2 Å². The molecule has 3 heteroatoms. The zero-order valence-corrected chi connectivity index (χ0v) is 12.5. The fourth-order valence-corrected chi connectivity index (χ4v) is 2.30. The van der Waals surface area contributed by atoms with E-state index in [-0.39, 0.29) is 5.91 Å². The maximum atomic E-state index is 12.3. The summed E-state index contributed by atoms with van der Waals surface area (Å²) in [6.07, 6.45) is 0.538. The van der Waals surface area contributed by atoms with Crippen LogP contribution in [0.4, 0.5) is 5.69 Å². The van der Waals surface area contributed by atoms with Gasteiger partial charge >= 0.3 is 0 Å². The molecular formula is C18H22N2O. The average molecular weight is 282 g/mol. The molecule has 0 bridgehead atoms. The van der Waals surface area contributed by atoms with Gasteiger partial charge in [-0.25, -0.2) is 0 Å². The second kappa shape index (κ2) is 7.04. The van der Waals surface area contributed by atoms with Gasteiger partial charge in [0.15, 0.2) is 0 Å². The van der Waals surface area contributed by atoms with Crippen LogP contribution in [0.3, 0.4) is 0 Å². The molecule has 21 heavy (non-hydrogen) atoms. The molecule has 0 fully saturated rings. The summed E-state index contributed by atoms with van der Waals surface area (Å²) in [5.74, 6) is 0.207. The Balaban J connectivity index is 2.04. The third kappa shape index (κ3) is 4.17. The number of hydrogen-bond acceptors (Lipinski definition) is 2. The SMILES string of the molecule is CC(C)c1ccccc1NC(=O)C(N)Cc1ccccc1. The number of amides is 1. The maximum absolute atomic E-state index is 12.3. The van der Waals surface area contributed by atoms with Gasteiger partial charge in [-0.3, -0.25) is 4.79 Å². The lowest BCUT2D eigenvalue weighted by molar-refractivity contribution is -0.117. The van der Waals surface area contributed by atoms with Gasteiger partial charge < -0.3 is 11.1 Å². The van der Waals surface area contributed by atoms with E-state index in [0.29, 0.717) is 12.3 Å². The van der Waals surface area contributed by atoms with Gasteiger partial charge in [0, 0.05) is 5.69 Å². The predicted octanol–water partition coefficient (Wildman–Crippen LogP) is 3.32. The van der Waals surface area contributed by atoms with Gasteiger partial charge in [0.05, 0.1) is 6.04 Å². The molecule has 0 saturated heterocycles. The van der Waals surface area contributed by atoms with Crippen molar-refractivity contribution in [3.8, 4) is 0 Å². The highest BCUT2D eigenvalue weighted by atomic mass is 16.2. The van der Waals surface area contributed by atoms with Crippen molar-refractivity contribution < 1.29 is 4.79 Å². The van der Waals surface area contributed by atoms with Crippen molar-refractivity contribution >= 4 is 11.6 Å². The molecule has 3 nitrogen and oxygen atoms in total. The summed E-state index contributed by atoms with van der Waals surface area (Å²) in [5.41, 5.74) is 9.05. The van der Waals surface area contributed by atoms with E-state index in [1.807, 2.05) is 54.6 Å². The quantitative estimate of drug-likeness (QED) is 0.884. The number of hydrogen-bond donors (Lipinski definition) is 2. The summed E-state index contributed by atoms with van der Waals surface area (Å²) >= 11 is 0. The molecule has 1 unspecified atom stereocenters. The van der Waals surface area contributed by atoms with E-state index in [2.05, 4.69) is 19.2 Å². The molecule has 0 aliphatic rings. The Morgan fingerprint density at radius 2 is 1.67 bits per heavy atom. The number of nitrogens with two attached hydrogens (primary N) is 1. The highest BCUT2D eigenvalue weighted by Gasteiger charge is 2.16. The van der Waals surface area contributed by atoms with E-state index in [0.717, 1.165) is 16.8 Å². The van der Waals surface area contributed by atoms with Gasteiger partial charge in [0.2, 0.25) is 5.91 Å². The number of para-hydroxylation sites is 1. The molecule has 0 heterocycles. The van der Waals surface area contributed by atoms with Gasteiger partial charge in [-0.1, -0.05) is 62.4 Å². The van der Waals surface area contributed by atoms with E-state index >= 15 is 0 Å². The van der Waals surface area contributed by atoms with Gasteiger partial charge in [-0.15, -0.1) is 0 Å². The van der Waals surface area contributed by atoms with Crippen LogP contribution >= 0.6 is 0 Å². The molecule has 0 aliphatic heterocycles. The predicted molar refractivity (Wildman–Crippen MR) is 87.3 cm³/mol. The largest absolute Gasteiger partial charge is 0.324 e. The van der Waals surface area contributed by atoms with Crippen LogP contribution in [-0.4, -0.2) is 11.9 Å². The first-order valence-electron chi connectivity index (χ1n) is 7.27. The summed E-state index contributed by atoms with van der Waals surface area (Å²) in [4.78, 5) is 12.3. The van der Waals surface area contributed by atoms with E-state index in [9.17, 15) is 4.79 Å². The van der Waals surface area contributed by atoms with E-state index < -0.39 is 6.04 Å². The van der Waals surface area contributed by atoms with Crippen molar-refractivity contribution in [2.45, 2.75) is 32.2 Å². The first-order chi connectivity index (χ1) is 10.1. The summed E-state index contributed by atoms with van der Waals surface area (Å²) < 4.78 is 0. The number of carbonyl (C=O) groups excluding carboxylic acids is 1. The Labute approximate surface area is 126 Å². The smallest absolute Gasteiger partial charge is 0.241 e. The van der Waals surface area contributed by atoms with Crippen LogP contribution in [0.25, 0.3) is 0 Å². The summed E-state index contributed by atoms with van der Waals surface area (Å²) in [5, 5.41) is 2.95. The molecule has 2 aromatic rings. The van der Waals surface area contributed by atoms with Gasteiger partial charge in [0.1, 0.15) is 0 Å². The second-order valence-electron chi connectivity index (χ2n) is 5.53. The molecule has 3 N–H and O–H groups in total. The molecule has 1 amide bonds. The standard InChI is InChI=1S/C18H22N2O/c1-13(2)15-10-6-7-11-17(15)20-18(21)16(19)12-14-8-4-3-5-9-14/h3-11,13,16H,12,19H2,1-2H3,(H,20,21). The molecule has 110 valence electrons. The normalized spacial score (nSPS) is 12.2. The third-order valence-corrected chi connectivity index (χ3v) is 3.48. The Morgan fingerprint density at radius 3 is 2.33 bits per heavy atom. The number of anilines is 1. The minimum absolute atomic E-state index is 0.146. The van der Waals surface area contributed by atoms with Crippen molar-refractivity contribution in [3.63, 3.8) is 0 Å². The van der Waals surface area contributed by atoms with Gasteiger partial charge in [-0.05, 0) is 29.5 Å². The minimum Gasteiger partial charge on any atom is -0.324 e. The lowest BCUT2D eigenvalue weighted by Crippen LogP contribution is -2.37. The minimum atomic E-state index is -0.549. The lowest BCUT2D eigenvalue weighted by atomic mass is 10.0. The average Bonchev–Trinajstić information content (AvgIpc) is 2.48. The first-order valence-corrected chi connectivity index (χ1v) is 7.27. The van der Waals surface area contributed by atoms with Crippen molar-refractivity contribution in [2.24, 2.45) is 5.73 Å². The molecule has 0 spiro atoms. The molecule has 0 aliphatic carbocycles. The van der Waals surface area contributed by atoms with Crippen molar-refractivity contribution in [1.82, 2.24) is 0 Å². The van der Waals surface area contributed by atoms with Crippen LogP contribution < -0.4 is 11.1 Å². The first kappa shape index (κ1) is 15.3. The van der Waals surface area contributed by atoms with Gasteiger partial charge in [0.25, 0.3) is 0 Å². The second-order valence-corrected chi connectivity index (χ2v) is 5.53. The Hall–Kier alpha value is -2.13. The van der Waals surface area contributed by atoms with E-state index in [1.165, 1.54) is 0 Å². The molecule has 1 atom stereocenters. The van der Waals surface area contributed by atoms with E-state index in [4.69, 9.17) is 5.73 Å². The fraction of sp³-hybridized carbons (Fsp3) is 0.278. The van der Waals surface area contributed by atoms with Gasteiger partial charge in [-0.2, -0.15) is 0 Å². The topological polar surface area (TPSA) is 55.1 Å². The van der Waals surface area contributed by atoms with Crippen LogP contribution in [0, 0.1) is 0 Å². The monoisotopic (exact) mass is 282 g/mol. The molecular weight excluding hydrogens is 260 g/mol. The van der Waals surface area contributed by atoms with Crippen molar-refractivity contribution in [1.29, 1.82) is 0 Å². The highest BCUT2D eigenvalue weighted by molar-refractivity contribution is 5.95. The molecule has 2 rings (SSSR count). The Bertz CT molecular complexity index is 593. The molecule has 0 aromatic heterocycles.